The van der Waals surface area contributed by atoms with Gasteiger partial charge in [-0.2, -0.15) is 0 Å². The Morgan fingerprint density at radius 3 is 2.83 bits per heavy atom. The van der Waals surface area contributed by atoms with Gasteiger partial charge in [-0.25, -0.2) is 4.79 Å². The predicted octanol–water partition coefficient (Wildman–Crippen LogP) is 3.83. The number of nitrogens with zero attached hydrogens (tertiary/aromatic N) is 1. The van der Waals surface area contributed by atoms with E-state index in [0.717, 1.165) is 41.6 Å². The first-order chi connectivity index (χ1) is 10.9. The molecule has 0 spiro atoms. The lowest BCUT2D eigenvalue weighted by Gasteiger charge is -2.62. The van der Waals surface area contributed by atoms with Crippen molar-refractivity contribution in [2.45, 2.75) is 46.1 Å². The molecule has 4 aliphatic carbocycles. The minimum atomic E-state index is -0.906. The van der Waals surface area contributed by atoms with Crippen LogP contribution < -0.4 is 5.32 Å². The van der Waals surface area contributed by atoms with Gasteiger partial charge in [0.2, 0.25) is 0 Å². The van der Waals surface area contributed by atoms with Gasteiger partial charge in [-0.3, -0.25) is 4.98 Å². The maximum Gasteiger partial charge on any atom is 0.339 e. The van der Waals surface area contributed by atoms with Crippen LogP contribution in [-0.2, 0) is 6.42 Å². The van der Waals surface area contributed by atoms with Gasteiger partial charge in [0.25, 0.3) is 0 Å². The Morgan fingerprint density at radius 1 is 1.39 bits per heavy atom. The van der Waals surface area contributed by atoms with E-state index >= 15 is 0 Å². The van der Waals surface area contributed by atoms with Crippen LogP contribution in [0.1, 0.15) is 55.2 Å². The summed E-state index contributed by atoms with van der Waals surface area (Å²) in [5, 5.41) is 13.1. The highest BCUT2D eigenvalue weighted by molar-refractivity contribution is 5.97. The third-order valence-electron chi connectivity index (χ3n) is 6.71. The number of hydrogen-bond acceptors (Lipinski definition) is 3. The molecule has 1 heterocycles. The second-order valence-corrected chi connectivity index (χ2v) is 8.03. The van der Waals surface area contributed by atoms with Crippen molar-refractivity contribution < 1.29 is 9.90 Å². The first-order valence-electron chi connectivity index (χ1n) is 8.58. The van der Waals surface area contributed by atoms with Gasteiger partial charge in [-0.1, -0.05) is 32.9 Å². The van der Waals surface area contributed by atoms with E-state index in [4.69, 9.17) is 0 Å². The number of aromatic nitrogens is 1. The maximum atomic E-state index is 11.6. The summed E-state index contributed by atoms with van der Waals surface area (Å²) in [6.45, 7) is 7.08. The number of rotatable bonds is 3. The van der Waals surface area contributed by atoms with Crippen molar-refractivity contribution in [2.75, 3.05) is 5.32 Å². The molecule has 4 aliphatic rings. The molecule has 4 nitrogen and oxygen atoms in total. The van der Waals surface area contributed by atoms with Gasteiger partial charge in [-0.15, -0.1) is 0 Å². The number of anilines is 1. The summed E-state index contributed by atoms with van der Waals surface area (Å²) in [5.74, 6) is 1.14. The Labute approximate surface area is 137 Å². The van der Waals surface area contributed by atoms with Crippen LogP contribution in [-0.4, -0.2) is 22.1 Å². The fourth-order valence-electron chi connectivity index (χ4n) is 5.04. The lowest BCUT2D eigenvalue weighted by Crippen LogP contribution is -2.58. The smallest absolute Gasteiger partial charge is 0.339 e. The Bertz CT molecular complexity index is 708. The molecule has 0 unspecified atom stereocenters. The molecule has 4 heteroatoms. The molecule has 23 heavy (non-hydrogen) atoms. The first kappa shape index (κ1) is 14.7. The van der Waals surface area contributed by atoms with Crippen molar-refractivity contribution in [3.8, 4) is 0 Å². The number of carboxylic acids is 1. The summed E-state index contributed by atoms with van der Waals surface area (Å²) in [5.41, 5.74) is 3.45. The molecule has 2 N–H and O–H groups in total. The van der Waals surface area contributed by atoms with Gasteiger partial charge in [0, 0.05) is 24.2 Å². The van der Waals surface area contributed by atoms with E-state index in [1.54, 1.807) is 0 Å². The fraction of sp³-hybridized carbons (Fsp3) is 0.579. The van der Waals surface area contributed by atoms with Crippen LogP contribution in [0.25, 0.3) is 6.08 Å². The van der Waals surface area contributed by atoms with E-state index in [-0.39, 0.29) is 0 Å². The summed E-state index contributed by atoms with van der Waals surface area (Å²) in [4.78, 5) is 15.9. The second-order valence-electron chi connectivity index (χ2n) is 8.03. The molecule has 4 atom stereocenters. The SMILES string of the molecule is C[C@@H]1[C@H]2C[C@@H](C[C@H]1Nc1c(C(=O)O)cnc3c1C=CC3)C2(C)C. The molecule has 3 saturated carbocycles. The number of carboxylic acid groups (broad SMARTS) is 1. The quantitative estimate of drug-likeness (QED) is 0.890. The van der Waals surface area contributed by atoms with E-state index < -0.39 is 5.97 Å². The molecule has 1 aromatic heterocycles. The minimum Gasteiger partial charge on any atom is -0.478 e. The number of carbonyl (C=O) groups is 1. The Kier molecular flexibility index (Phi) is 3.09. The molecule has 0 aliphatic heterocycles. The van der Waals surface area contributed by atoms with E-state index in [9.17, 15) is 9.90 Å². The summed E-state index contributed by atoms with van der Waals surface area (Å²) in [6.07, 6.45) is 8.82. The van der Waals surface area contributed by atoms with E-state index in [0.29, 0.717) is 22.9 Å². The van der Waals surface area contributed by atoms with E-state index in [2.05, 4.69) is 37.1 Å². The number of pyridine rings is 1. The van der Waals surface area contributed by atoms with Crippen molar-refractivity contribution in [3.63, 3.8) is 0 Å². The molecular weight excluding hydrogens is 288 g/mol. The minimum absolute atomic E-state index is 0.293. The molecule has 2 bridgehead atoms. The van der Waals surface area contributed by atoms with Crippen LogP contribution in [0.4, 0.5) is 5.69 Å². The summed E-state index contributed by atoms with van der Waals surface area (Å²) >= 11 is 0. The highest BCUT2D eigenvalue weighted by Gasteiger charge is 2.56. The van der Waals surface area contributed by atoms with E-state index in [1.807, 2.05) is 6.08 Å². The van der Waals surface area contributed by atoms with Gasteiger partial charge in [0.05, 0.1) is 11.4 Å². The van der Waals surface area contributed by atoms with Gasteiger partial charge in [0.1, 0.15) is 5.56 Å². The average molecular weight is 312 g/mol. The number of allylic oxidation sites excluding steroid dienone is 1. The number of aromatic carboxylic acids is 1. The third kappa shape index (κ3) is 2.03. The van der Waals surface area contributed by atoms with Gasteiger partial charge in [0.15, 0.2) is 0 Å². The maximum absolute atomic E-state index is 11.6. The van der Waals surface area contributed by atoms with Crippen LogP contribution in [0, 0.1) is 23.2 Å². The van der Waals surface area contributed by atoms with Crippen molar-refractivity contribution >= 4 is 17.7 Å². The number of nitrogens with one attached hydrogen (secondary N) is 1. The molecule has 0 amide bonds. The van der Waals surface area contributed by atoms with Gasteiger partial charge >= 0.3 is 5.97 Å². The monoisotopic (exact) mass is 312 g/mol. The summed E-state index contributed by atoms with van der Waals surface area (Å²) in [7, 11) is 0. The van der Waals surface area contributed by atoms with E-state index in [1.165, 1.54) is 12.6 Å². The summed E-state index contributed by atoms with van der Waals surface area (Å²) in [6, 6.07) is 0.352. The highest BCUT2D eigenvalue weighted by atomic mass is 16.4. The Hall–Kier alpha value is -1.84. The zero-order valence-corrected chi connectivity index (χ0v) is 14.0. The van der Waals surface area contributed by atoms with Crippen molar-refractivity contribution in [3.05, 3.63) is 29.1 Å². The van der Waals surface area contributed by atoms with Crippen molar-refractivity contribution in [2.24, 2.45) is 23.2 Å². The van der Waals surface area contributed by atoms with Crippen LogP contribution >= 0.6 is 0 Å². The normalized spacial score (nSPS) is 33.0. The lowest BCUT2D eigenvalue weighted by atomic mass is 9.44. The molecular formula is C19H24N2O2. The number of hydrogen-bond donors (Lipinski definition) is 2. The largest absolute Gasteiger partial charge is 0.478 e. The molecule has 5 rings (SSSR count). The van der Waals surface area contributed by atoms with Crippen LogP contribution in [0.3, 0.4) is 0 Å². The number of fused-ring (bicyclic) bond motifs is 3. The zero-order valence-electron chi connectivity index (χ0n) is 14.0. The molecule has 0 aromatic carbocycles. The van der Waals surface area contributed by atoms with Crippen molar-refractivity contribution in [1.29, 1.82) is 0 Å². The Balaban J connectivity index is 1.66. The average Bonchev–Trinajstić information content (AvgIpc) is 2.97. The second kappa shape index (κ2) is 4.83. The first-order valence-corrected chi connectivity index (χ1v) is 8.58. The standard InChI is InChI=1S/C19H24N2O2/c1-10-14-7-11(19(14,2)3)8-16(10)21-17-12-5-4-6-15(12)20-9-13(17)18(22)23/h4-5,9-11,14,16H,6-8H2,1-3H3,(H,20,21)(H,22,23)/t10-,11+,14-,16-/m1/s1. The molecule has 1 aromatic rings. The molecule has 122 valence electrons. The molecule has 3 fully saturated rings. The molecule has 0 radical (unpaired) electrons. The van der Waals surface area contributed by atoms with Crippen molar-refractivity contribution in [1.82, 2.24) is 4.98 Å². The Morgan fingerprint density at radius 2 is 2.17 bits per heavy atom. The molecule has 0 saturated heterocycles. The van der Waals surface area contributed by atoms with Crippen LogP contribution in [0.5, 0.6) is 0 Å². The van der Waals surface area contributed by atoms with Gasteiger partial charge in [-0.05, 0) is 36.0 Å². The van der Waals surface area contributed by atoms with Gasteiger partial charge < -0.3 is 10.4 Å². The predicted molar refractivity (Wildman–Crippen MR) is 90.5 cm³/mol. The van der Waals surface area contributed by atoms with Crippen LogP contribution in [0.2, 0.25) is 0 Å². The lowest BCUT2D eigenvalue weighted by molar-refractivity contribution is -0.105. The topological polar surface area (TPSA) is 62.2 Å². The summed E-state index contributed by atoms with van der Waals surface area (Å²) < 4.78 is 0. The zero-order chi connectivity index (χ0) is 16.4. The fourth-order valence-corrected chi connectivity index (χ4v) is 5.04. The van der Waals surface area contributed by atoms with Crippen LogP contribution in [0.15, 0.2) is 12.3 Å². The third-order valence-corrected chi connectivity index (χ3v) is 6.71. The highest BCUT2D eigenvalue weighted by Crippen LogP contribution is 2.61.